The Morgan fingerprint density at radius 3 is 1.13 bits per heavy atom. The van der Waals surface area contributed by atoms with Gasteiger partial charge >= 0.3 is 11.9 Å². The first-order valence-electron chi connectivity index (χ1n) is 21.3. The molecule has 52 heavy (non-hydrogen) atoms. The van der Waals surface area contributed by atoms with E-state index < -0.39 is 0 Å². The van der Waals surface area contributed by atoms with Crippen LogP contribution in [0.2, 0.25) is 0 Å². The fourth-order valence-corrected chi connectivity index (χ4v) is 8.09. The topological polar surface area (TPSA) is 77.5 Å². The van der Waals surface area contributed by atoms with E-state index in [0.29, 0.717) is 25.7 Å². The lowest BCUT2D eigenvalue weighted by molar-refractivity contribution is -0.261. The highest BCUT2D eigenvalue weighted by Crippen LogP contribution is 2.39. The van der Waals surface area contributed by atoms with Crippen LogP contribution in [0.25, 0.3) is 0 Å². The molecule has 0 aromatic carbocycles. The molecule has 2 rings (SSSR count). The Labute approximate surface area is 319 Å². The molecule has 0 fully saturated rings. The SMILES string of the molecule is CCCCCCCCON1C(C)(C)C=C(OC(=O)CCCCCCCCC(=O)OC2=CC(C)(C)N(OCCCCCCCC)C(C)(C)C2)CC1(C)C. The van der Waals surface area contributed by atoms with Crippen LogP contribution in [0.3, 0.4) is 0 Å². The highest BCUT2D eigenvalue weighted by Gasteiger charge is 2.44. The van der Waals surface area contributed by atoms with Crippen molar-refractivity contribution in [3.05, 3.63) is 23.7 Å². The summed E-state index contributed by atoms with van der Waals surface area (Å²) in [4.78, 5) is 38.1. The zero-order valence-corrected chi connectivity index (χ0v) is 35.5. The van der Waals surface area contributed by atoms with Gasteiger partial charge in [-0.1, -0.05) is 104 Å². The van der Waals surface area contributed by atoms with Crippen molar-refractivity contribution in [2.45, 2.75) is 233 Å². The van der Waals surface area contributed by atoms with E-state index in [1.165, 1.54) is 64.2 Å². The number of esters is 2. The molecule has 0 atom stereocenters. The normalized spacial score (nSPS) is 19.6. The molecular weight excluding hydrogens is 652 g/mol. The van der Waals surface area contributed by atoms with Crippen LogP contribution in [0.15, 0.2) is 23.7 Å². The minimum atomic E-state index is -0.366. The molecule has 0 spiro atoms. The summed E-state index contributed by atoms with van der Waals surface area (Å²) in [7, 11) is 0. The Bertz CT molecular complexity index is 1020. The van der Waals surface area contributed by atoms with Crippen LogP contribution in [-0.2, 0) is 28.7 Å². The number of unbranched alkanes of at least 4 members (excludes halogenated alkanes) is 15. The molecule has 2 aliphatic heterocycles. The van der Waals surface area contributed by atoms with E-state index in [0.717, 1.165) is 76.1 Å². The average molecular weight is 733 g/mol. The maximum absolute atomic E-state index is 12.7. The fourth-order valence-electron chi connectivity index (χ4n) is 8.09. The molecule has 8 nitrogen and oxygen atoms in total. The van der Waals surface area contributed by atoms with Crippen LogP contribution in [-0.4, -0.2) is 57.4 Å². The lowest BCUT2D eigenvalue weighted by Gasteiger charge is -2.49. The largest absolute Gasteiger partial charge is 0.431 e. The van der Waals surface area contributed by atoms with Crippen molar-refractivity contribution in [2.75, 3.05) is 13.2 Å². The van der Waals surface area contributed by atoms with Gasteiger partial charge < -0.3 is 9.47 Å². The molecule has 0 saturated heterocycles. The highest BCUT2D eigenvalue weighted by atomic mass is 16.7. The number of carbonyl (C=O) groups is 2. The Morgan fingerprint density at radius 1 is 0.500 bits per heavy atom. The summed E-state index contributed by atoms with van der Waals surface area (Å²) in [6.07, 6.45) is 26.7. The monoisotopic (exact) mass is 733 g/mol. The molecule has 0 aromatic rings. The molecule has 0 aromatic heterocycles. The van der Waals surface area contributed by atoms with E-state index in [4.69, 9.17) is 19.1 Å². The summed E-state index contributed by atoms with van der Waals surface area (Å²) in [6, 6.07) is 0. The Morgan fingerprint density at radius 2 is 0.808 bits per heavy atom. The fraction of sp³-hybridized carbons (Fsp3) is 0.864. The summed E-state index contributed by atoms with van der Waals surface area (Å²) in [5, 5.41) is 4.19. The standard InChI is InChI=1S/C44H80N2O6/c1-11-13-15-17-23-27-31-49-45-41(3,4)33-37(34-42(45,5)6)51-39(47)29-25-21-19-20-22-26-30-40(48)52-38-35-43(7,8)46(44(9,10)36-38)50-32-28-24-18-16-14-12-2/h33,35H,11-32,34,36H2,1-10H3. The molecule has 2 aliphatic rings. The summed E-state index contributed by atoms with van der Waals surface area (Å²) < 4.78 is 11.7. The van der Waals surface area contributed by atoms with Crippen LogP contribution in [0.5, 0.6) is 0 Å². The number of hydroxylamine groups is 4. The number of rotatable bonds is 27. The van der Waals surface area contributed by atoms with Crippen molar-refractivity contribution in [1.29, 1.82) is 0 Å². The minimum Gasteiger partial charge on any atom is -0.431 e. The summed E-state index contributed by atoms with van der Waals surface area (Å²) in [5.74, 6) is 1.18. The molecule has 0 bridgehead atoms. The molecule has 0 unspecified atom stereocenters. The summed E-state index contributed by atoms with van der Waals surface area (Å²) in [6.45, 7) is 23.1. The van der Waals surface area contributed by atoms with Crippen LogP contribution >= 0.6 is 0 Å². The maximum atomic E-state index is 12.7. The Balaban J connectivity index is 1.62. The van der Waals surface area contributed by atoms with E-state index >= 15 is 0 Å². The van der Waals surface area contributed by atoms with E-state index in [1.807, 2.05) is 0 Å². The number of hydrogen-bond donors (Lipinski definition) is 0. The first-order chi connectivity index (χ1) is 24.5. The predicted molar refractivity (Wildman–Crippen MR) is 213 cm³/mol. The van der Waals surface area contributed by atoms with Crippen molar-refractivity contribution >= 4 is 11.9 Å². The summed E-state index contributed by atoms with van der Waals surface area (Å²) in [5.41, 5.74) is -1.28. The second kappa shape index (κ2) is 23.2. The van der Waals surface area contributed by atoms with Gasteiger partial charge in [0.25, 0.3) is 0 Å². The van der Waals surface area contributed by atoms with Crippen LogP contribution < -0.4 is 0 Å². The zero-order chi connectivity index (χ0) is 38.7. The molecule has 0 N–H and O–H groups in total. The van der Waals surface area contributed by atoms with Gasteiger partial charge in [0.1, 0.15) is 11.5 Å². The van der Waals surface area contributed by atoms with Gasteiger partial charge in [-0.05, 0) is 93.2 Å². The third-order valence-corrected chi connectivity index (χ3v) is 10.3. The zero-order valence-electron chi connectivity index (χ0n) is 35.5. The van der Waals surface area contributed by atoms with Gasteiger partial charge in [-0.25, -0.2) is 0 Å². The van der Waals surface area contributed by atoms with Gasteiger partial charge in [0.2, 0.25) is 0 Å². The minimum absolute atomic E-state index is 0.155. The third kappa shape index (κ3) is 17.2. The quantitative estimate of drug-likeness (QED) is 0.0610. The van der Waals surface area contributed by atoms with Crippen molar-refractivity contribution in [3.8, 4) is 0 Å². The molecule has 8 heteroatoms. The molecule has 0 saturated carbocycles. The molecule has 0 radical (unpaired) electrons. The first-order valence-corrected chi connectivity index (χ1v) is 21.3. The van der Waals surface area contributed by atoms with Gasteiger partial charge in [-0.15, -0.1) is 0 Å². The van der Waals surface area contributed by atoms with Crippen molar-refractivity contribution in [2.24, 2.45) is 0 Å². The Hall–Kier alpha value is -1.74. The predicted octanol–water partition coefficient (Wildman–Crippen LogP) is 12.1. The van der Waals surface area contributed by atoms with Gasteiger partial charge in [0.15, 0.2) is 0 Å². The molecule has 302 valence electrons. The second-order valence-electron chi connectivity index (χ2n) is 17.9. The molecular formula is C44H80N2O6. The van der Waals surface area contributed by atoms with Crippen molar-refractivity contribution in [3.63, 3.8) is 0 Å². The highest BCUT2D eigenvalue weighted by molar-refractivity contribution is 5.71. The average Bonchev–Trinajstić information content (AvgIpc) is 3.02. The number of hydrogen-bond acceptors (Lipinski definition) is 8. The van der Waals surface area contributed by atoms with Gasteiger partial charge in [-0.2, -0.15) is 10.1 Å². The van der Waals surface area contributed by atoms with Crippen molar-refractivity contribution < 1.29 is 28.7 Å². The number of nitrogens with zero attached hydrogens (tertiary/aromatic N) is 2. The van der Waals surface area contributed by atoms with Gasteiger partial charge in [0.05, 0.1) is 24.3 Å². The van der Waals surface area contributed by atoms with E-state index in [-0.39, 0.29) is 34.1 Å². The van der Waals surface area contributed by atoms with Gasteiger partial charge in [-0.3, -0.25) is 19.3 Å². The maximum Gasteiger partial charge on any atom is 0.310 e. The van der Waals surface area contributed by atoms with Crippen LogP contribution in [0.4, 0.5) is 0 Å². The lowest BCUT2D eigenvalue weighted by atomic mass is 9.86. The van der Waals surface area contributed by atoms with E-state index in [1.54, 1.807) is 0 Å². The van der Waals surface area contributed by atoms with E-state index in [9.17, 15) is 9.59 Å². The van der Waals surface area contributed by atoms with Crippen LogP contribution in [0, 0.1) is 0 Å². The van der Waals surface area contributed by atoms with Crippen LogP contribution in [0.1, 0.15) is 210 Å². The number of carbonyl (C=O) groups excluding carboxylic acids is 2. The lowest BCUT2D eigenvalue weighted by Crippen LogP contribution is -2.57. The smallest absolute Gasteiger partial charge is 0.310 e. The van der Waals surface area contributed by atoms with Crippen molar-refractivity contribution in [1.82, 2.24) is 10.1 Å². The second-order valence-corrected chi connectivity index (χ2v) is 17.9. The van der Waals surface area contributed by atoms with E-state index in [2.05, 4.69) is 91.5 Å². The molecule has 2 heterocycles. The molecule has 0 aliphatic carbocycles. The Kier molecular flexibility index (Phi) is 20.7. The number of ether oxygens (including phenoxy) is 2. The summed E-state index contributed by atoms with van der Waals surface area (Å²) >= 11 is 0. The van der Waals surface area contributed by atoms with Gasteiger partial charge in [0, 0.05) is 36.8 Å². The molecule has 0 amide bonds. The third-order valence-electron chi connectivity index (χ3n) is 10.3. The first kappa shape index (κ1) is 46.4.